The van der Waals surface area contributed by atoms with Gasteiger partial charge in [-0.25, -0.2) is 4.39 Å². The fourth-order valence-electron chi connectivity index (χ4n) is 2.06. The molecule has 1 unspecified atom stereocenters. The second-order valence-corrected chi connectivity index (χ2v) is 5.53. The van der Waals surface area contributed by atoms with E-state index in [0.29, 0.717) is 16.5 Å². The van der Waals surface area contributed by atoms with Gasteiger partial charge in [0.15, 0.2) is 5.78 Å². The van der Waals surface area contributed by atoms with E-state index in [2.05, 4.69) is 15.9 Å². The SMILES string of the molecule is CC(Cc1cc(F)cc(Br)c1)C(=O)c1ccccc1. The van der Waals surface area contributed by atoms with Crippen molar-refractivity contribution in [2.45, 2.75) is 13.3 Å². The van der Waals surface area contributed by atoms with Gasteiger partial charge in [0.2, 0.25) is 0 Å². The molecule has 0 aliphatic rings. The highest BCUT2D eigenvalue weighted by Gasteiger charge is 2.15. The maximum absolute atomic E-state index is 13.3. The van der Waals surface area contributed by atoms with Crippen molar-refractivity contribution in [3.8, 4) is 0 Å². The number of benzene rings is 2. The van der Waals surface area contributed by atoms with Crippen LogP contribution in [-0.2, 0) is 6.42 Å². The normalized spacial score (nSPS) is 12.2. The van der Waals surface area contributed by atoms with Crippen LogP contribution in [0.25, 0.3) is 0 Å². The minimum Gasteiger partial charge on any atom is -0.294 e. The average Bonchev–Trinajstić information content (AvgIpc) is 2.37. The fraction of sp³-hybridized carbons (Fsp3) is 0.188. The van der Waals surface area contributed by atoms with E-state index in [-0.39, 0.29) is 17.5 Å². The van der Waals surface area contributed by atoms with E-state index in [1.54, 1.807) is 12.1 Å². The highest BCUT2D eigenvalue weighted by molar-refractivity contribution is 9.10. The fourth-order valence-corrected chi connectivity index (χ4v) is 2.57. The van der Waals surface area contributed by atoms with E-state index < -0.39 is 0 Å². The van der Waals surface area contributed by atoms with Crippen LogP contribution in [0.4, 0.5) is 4.39 Å². The van der Waals surface area contributed by atoms with E-state index in [0.717, 1.165) is 5.56 Å². The smallest absolute Gasteiger partial charge is 0.165 e. The quantitative estimate of drug-likeness (QED) is 0.749. The molecule has 19 heavy (non-hydrogen) atoms. The molecule has 0 N–H and O–H groups in total. The monoisotopic (exact) mass is 320 g/mol. The number of rotatable bonds is 4. The number of hydrogen-bond acceptors (Lipinski definition) is 1. The Balaban J connectivity index is 2.13. The molecule has 0 aromatic heterocycles. The van der Waals surface area contributed by atoms with Gasteiger partial charge in [-0.2, -0.15) is 0 Å². The van der Waals surface area contributed by atoms with Crippen LogP contribution in [0, 0.1) is 11.7 Å². The second kappa shape index (κ2) is 6.11. The maximum atomic E-state index is 13.3. The summed E-state index contributed by atoms with van der Waals surface area (Å²) in [4.78, 5) is 12.2. The molecule has 98 valence electrons. The van der Waals surface area contributed by atoms with Crippen molar-refractivity contribution in [3.05, 3.63) is 69.9 Å². The summed E-state index contributed by atoms with van der Waals surface area (Å²) in [6.07, 6.45) is 0.532. The number of Topliss-reactive ketones (excluding diaryl/α,β-unsaturated/α-hetero) is 1. The first-order valence-corrected chi connectivity index (χ1v) is 6.90. The largest absolute Gasteiger partial charge is 0.294 e. The zero-order chi connectivity index (χ0) is 13.8. The molecule has 1 nitrogen and oxygen atoms in total. The molecule has 0 spiro atoms. The van der Waals surface area contributed by atoms with Crippen molar-refractivity contribution in [2.75, 3.05) is 0 Å². The van der Waals surface area contributed by atoms with Gasteiger partial charge >= 0.3 is 0 Å². The van der Waals surface area contributed by atoms with E-state index in [1.165, 1.54) is 12.1 Å². The third-order valence-corrected chi connectivity index (χ3v) is 3.43. The number of carbonyl (C=O) groups excluding carboxylic acids is 1. The van der Waals surface area contributed by atoms with Gasteiger partial charge in [-0.3, -0.25) is 4.79 Å². The molecule has 2 aromatic rings. The molecule has 2 rings (SSSR count). The van der Waals surface area contributed by atoms with Crippen LogP contribution >= 0.6 is 15.9 Å². The van der Waals surface area contributed by atoms with Gasteiger partial charge in [0.1, 0.15) is 5.82 Å². The predicted octanol–water partition coefficient (Wildman–Crippen LogP) is 4.65. The number of halogens is 2. The Morgan fingerprint density at radius 2 is 1.89 bits per heavy atom. The third kappa shape index (κ3) is 3.74. The minimum absolute atomic E-state index is 0.0842. The topological polar surface area (TPSA) is 17.1 Å². The van der Waals surface area contributed by atoms with Crippen LogP contribution in [-0.4, -0.2) is 5.78 Å². The van der Waals surface area contributed by atoms with E-state index in [4.69, 9.17) is 0 Å². The summed E-state index contributed by atoms with van der Waals surface area (Å²) in [7, 11) is 0. The van der Waals surface area contributed by atoms with Crippen LogP contribution in [0.3, 0.4) is 0 Å². The number of hydrogen-bond donors (Lipinski definition) is 0. The van der Waals surface area contributed by atoms with Gasteiger partial charge in [-0.05, 0) is 30.2 Å². The van der Waals surface area contributed by atoms with Crippen molar-refractivity contribution >= 4 is 21.7 Å². The summed E-state index contributed by atoms with van der Waals surface area (Å²) >= 11 is 3.26. The summed E-state index contributed by atoms with van der Waals surface area (Å²) in [5.74, 6) is -0.374. The molecule has 3 heteroatoms. The summed E-state index contributed by atoms with van der Waals surface area (Å²) in [5, 5.41) is 0. The number of carbonyl (C=O) groups is 1. The van der Waals surface area contributed by atoms with Crippen LogP contribution in [0.2, 0.25) is 0 Å². The van der Waals surface area contributed by atoms with Crippen molar-refractivity contribution < 1.29 is 9.18 Å². The van der Waals surface area contributed by atoms with Crippen LogP contribution < -0.4 is 0 Å². The number of ketones is 1. The van der Waals surface area contributed by atoms with Crippen LogP contribution in [0.1, 0.15) is 22.8 Å². The van der Waals surface area contributed by atoms with Crippen molar-refractivity contribution in [1.29, 1.82) is 0 Å². The lowest BCUT2D eigenvalue weighted by molar-refractivity contribution is 0.0929. The standard InChI is InChI=1S/C16H14BrFO/c1-11(16(19)13-5-3-2-4-6-13)7-12-8-14(17)10-15(18)9-12/h2-6,8-11H,7H2,1H3. The lowest BCUT2D eigenvalue weighted by Gasteiger charge is -2.11. The third-order valence-electron chi connectivity index (χ3n) is 2.97. The Bertz CT molecular complexity index is 560. The molecule has 0 amide bonds. The second-order valence-electron chi connectivity index (χ2n) is 4.61. The van der Waals surface area contributed by atoms with Gasteiger partial charge in [-0.15, -0.1) is 0 Å². The first-order chi connectivity index (χ1) is 9.06. The van der Waals surface area contributed by atoms with Gasteiger partial charge in [0.05, 0.1) is 0 Å². The molecule has 0 heterocycles. The van der Waals surface area contributed by atoms with Crippen molar-refractivity contribution in [1.82, 2.24) is 0 Å². The summed E-state index contributed by atoms with van der Waals surface area (Å²) < 4.78 is 14.0. The van der Waals surface area contributed by atoms with Gasteiger partial charge in [-0.1, -0.05) is 53.2 Å². The summed E-state index contributed by atoms with van der Waals surface area (Å²) in [6, 6.07) is 13.9. The zero-order valence-corrected chi connectivity index (χ0v) is 12.2. The molecule has 0 bridgehead atoms. The predicted molar refractivity (Wildman–Crippen MR) is 77.7 cm³/mol. The molecule has 0 saturated heterocycles. The molecule has 0 aliphatic heterocycles. The molecule has 0 saturated carbocycles. The molecule has 0 fully saturated rings. The Labute approximate surface area is 120 Å². The van der Waals surface area contributed by atoms with E-state index >= 15 is 0 Å². The Kier molecular flexibility index (Phi) is 4.48. The highest BCUT2D eigenvalue weighted by Crippen LogP contribution is 2.19. The Hall–Kier alpha value is -1.48. The van der Waals surface area contributed by atoms with Gasteiger partial charge < -0.3 is 0 Å². The average molecular weight is 321 g/mol. The molecular weight excluding hydrogens is 307 g/mol. The first-order valence-electron chi connectivity index (χ1n) is 6.10. The molecule has 2 aromatic carbocycles. The molecule has 0 radical (unpaired) electrons. The van der Waals surface area contributed by atoms with Gasteiger partial charge in [0.25, 0.3) is 0 Å². The van der Waals surface area contributed by atoms with Crippen molar-refractivity contribution in [3.63, 3.8) is 0 Å². The highest BCUT2D eigenvalue weighted by atomic mass is 79.9. The maximum Gasteiger partial charge on any atom is 0.165 e. The molecule has 1 atom stereocenters. The summed E-state index contributed by atoms with van der Waals surface area (Å²) in [6.45, 7) is 1.87. The van der Waals surface area contributed by atoms with Crippen molar-refractivity contribution in [2.24, 2.45) is 5.92 Å². The molecule has 0 aliphatic carbocycles. The van der Waals surface area contributed by atoms with Crippen LogP contribution in [0.5, 0.6) is 0 Å². The Morgan fingerprint density at radius 3 is 2.53 bits per heavy atom. The van der Waals surface area contributed by atoms with E-state index in [1.807, 2.05) is 31.2 Å². The van der Waals surface area contributed by atoms with Gasteiger partial charge in [0, 0.05) is 16.0 Å². The zero-order valence-electron chi connectivity index (χ0n) is 10.6. The van der Waals surface area contributed by atoms with E-state index in [9.17, 15) is 9.18 Å². The summed E-state index contributed by atoms with van der Waals surface area (Å²) in [5.41, 5.74) is 1.52. The van der Waals surface area contributed by atoms with Crippen LogP contribution in [0.15, 0.2) is 53.0 Å². The first kappa shape index (κ1) is 13.9. The minimum atomic E-state index is -0.288. The molecular formula is C16H14BrFO. The lowest BCUT2D eigenvalue weighted by atomic mass is 9.93. The lowest BCUT2D eigenvalue weighted by Crippen LogP contribution is -2.14. The Morgan fingerprint density at radius 1 is 1.21 bits per heavy atom.